The Balaban J connectivity index is 1.90. The second-order valence-electron chi connectivity index (χ2n) is 8.60. The minimum atomic E-state index is 0.666. The second-order valence-corrected chi connectivity index (χ2v) is 8.60. The summed E-state index contributed by atoms with van der Waals surface area (Å²) in [4.78, 5) is 0. The molecular weight excluding hydrogens is 400 g/mol. The maximum Gasteiger partial charge on any atom is 0.0991 e. The summed E-state index contributed by atoms with van der Waals surface area (Å²) < 4.78 is 2.39. The first-order valence-electron chi connectivity index (χ1n) is 11.2. The van der Waals surface area contributed by atoms with Crippen LogP contribution >= 0.6 is 0 Å². The number of aryl methyl sites for hydroxylation is 2. The van der Waals surface area contributed by atoms with Crippen LogP contribution in [0.4, 0.5) is 0 Å². The number of benzene rings is 5. The fourth-order valence-electron chi connectivity index (χ4n) is 5.24. The van der Waals surface area contributed by atoms with E-state index in [1.54, 1.807) is 0 Å². The lowest BCUT2D eigenvalue weighted by Crippen LogP contribution is -1.99. The predicted octanol–water partition coefficient (Wildman–Crippen LogP) is 8.09. The summed E-state index contributed by atoms with van der Waals surface area (Å²) in [5, 5.41) is 15.7. The lowest BCUT2D eigenvalue weighted by Gasteiger charge is -2.15. The Bertz CT molecular complexity index is 1730. The molecule has 0 fully saturated rings. The van der Waals surface area contributed by atoms with Crippen LogP contribution in [0.3, 0.4) is 0 Å². The van der Waals surface area contributed by atoms with Crippen molar-refractivity contribution in [2.24, 2.45) is 0 Å². The van der Waals surface area contributed by atoms with E-state index < -0.39 is 0 Å². The van der Waals surface area contributed by atoms with Crippen LogP contribution in [0.2, 0.25) is 0 Å². The molecule has 0 bridgehead atoms. The van der Waals surface area contributed by atoms with E-state index in [1.165, 1.54) is 54.8 Å². The zero-order chi connectivity index (χ0) is 22.5. The van der Waals surface area contributed by atoms with Crippen LogP contribution in [-0.4, -0.2) is 4.57 Å². The zero-order valence-electron chi connectivity index (χ0n) is 18.6. The van der Waals surface area contributed by atoms with Crippen LogP contribution < -0.4 is 0 Å². The van der Waals surface area contributed by atoms with Crippen molar-refractivity contribution in [3.63, 3.8) is 0 Å². The highest BCUT2D eigenvalue weighted by atomic mass is 15.0. The molecule has 2 nitrogen and oxygen atoms in total. The highest BCUT2D eigenvalue weighted by Crippen LogP contribution is 2.44. The van der Waals surface area contributed by atoms with Crippen molar-refractivity contribution in [2.45, 2.75) is 13.8 Å². The third-order valence-corrected chi connectivity index (χ3v) is 6.74. The molecule has 2 heteroatoms. The number of rotatable bonds is 2. The van der Waals surface area contributed by atoms with Gasteiger partial charge in [-0.1, -0.05) is 72.8 Å². The molecule has 156 valence electrons. The van der Waals surface area contributed by atoms with Gasteiger partial charge in [-0.2, -0.15) is 5.26 Å². The van der Waals surface area contributed by atoms with Crippen LogP contribution in [-0.2, 0) is 0 Å². The fourth-order valence-corrected chi connectivity index (χ4v) is 5.24. The van der Waals surface area contributed by atoms with Gasteiger partial charge in [0.25, 0.3) is 0 Å². The van der Waals surface area contributed by atoms with Crippen molar-refractivity contribution in [3.8, 4) is 23.0 Å². The van der Waals surface area contributed by atoms with E-state index in [0.29, 0.717) is 5.56 Å². The van der Waals surface area contributed by atoms with Gasteiger partial charge in [-0.25, -0.2) is 0 Å². The first kappa shape index (κ1) is 19.3. The van der Waals surface area contributed by atoms with Crippen LogP contribution in [0.15, 0.2) is 97.1 Å². The van der Waals surface area contributed by atoms with E-state index in [2.05, 4.69) is 109 Å². The van der Waals surface area contributed by atoms with Crippen LogP contribution in [0.1, 0.15) is 16.7 Å². The van der Waals surface area contributed by atoms with Crippen molar-refractivity contribution in [2.75, 3.05) is 0 Å². The van der Waals surface area contributed by atoms with Gasteiger partial charge < -0.3 is 4.57 Å². The topological polar surface area (TPSA) is 28.7 Å². The monoisotopic (exact) mass is 422 g/mol. The van der Waals surface area contributed by atoms with Crippen LogP contribution in [0.5, 0.6) is 0 Å². The summed E-state index contributed by atoms with van der Waals surface area (Å²) >= 11 is 0. The van der Waals surface area contributed by atoms with Gasteiger partial charge in [0.2, 0.25) is 0 Å². The summed E-state index contributed by atoms with van der Waals surface area (Å²) in [6, 6.07) is 36.1. The Morgan fingerprint density at radius 2 is 1.21 bits per heavy atom. The molecule has 0 saturated carbocycles. The lowest BCUT2D eigenvalue weighted by molar-refractivity contribution is 1.12. The Hall–Kier alpha value is -4.35. The fraction of sp³-hybridized carbons (Fsp3) is 0.0645. The summed E-state index contributed by atoms with van der Waals surface area (Å²) in [7, 11) is 0. The number of hydrogen-bond acceptors (Lipinski definition) is 1. The smallest absolute Gasteiger partial charge is 0.0991 e. The molecule has 1 heterocycles. The molecule has 0 unspecified atom stereocenters. The lowest BCUT2D eigenvalue weighted by atomic mass is 9.95. The Labute approximate surface area is 192 Å². The maximum atomic E-state index is 9.35. The first-order chi connectivity index (χ1) is 16.2. The molecule has 1 aromatic heterocycles. The summed E-state index contributed by atoms with van der Waals surface area (Å²) in [5.41, 5.74) is 7.88. The predicted molar refractivity (Wildman–Crippen MR) is 138 cm³/mol. The van der Waals surface area contributed by atoms with Gasteiger partial charge in [0, 0.05) is 22.0 Å². The molecule has 0 atom stereocenters. The molecule has 0 N–H and O–H groups in total. The van der Waals surface area contributed by atoms with Crippen molar-refractivity contribution >= 4 is 32.4 Å². The third kappa shape index (κ3) is 2.80. The normalized spacial score (nSPS) is 11.3. The molecule has 0 aliphatic carbocycles. The molecule has 6 rings (SSSR count). The standard InChI is InChI=1S/C31H22N2/c1-20-9-3-4-10-24(20)30-21(2)29-27-13-7-5-11-25(27)26-12-6-8-14-28(26)31(29)33(30)23-17-15-22(19-32)16-18-23/h3-18H,1-2H3. The van der Waals surface area contributed by atoms with Gasteiger partial charge in [0.15, 0.2) is 0 Å². The molecule has 5 aromatic carbocycles. The van der Waals surface area contributed by atoms with Gasteiger partial charge >= 0.3 is 0 Å². The molecule has 0 spiro atoms. The zero-order valence-corrected chi connectivity index (χ0v) is 18.6. The average molecular weight is 423 g/mol. The summed E-state index contributed by atoms with van der Waals surface area (Å²) in [6.07, 6.45) is 0. The van der Waals surface area contributed by atoms with E-state index in [4.69, 9.17) is 0 Å². The number of fused-ring (bicyclic) bond motifs is 6. The minimum Gasteiger partial charge on any atom is -0.308 e. The van der Waals surface area contributed by atoms with Crippen LogP contribution in [0.25, 0.3) is 49.4 Å². The second kappa shape index (κ2) is 7.36. The van der Waals surface area contributed by atoms with Gasteiger partial charge in [0.1, 0.15) is 0 Å². The van der Waals surface area contributed by atoms with E-state index >= 15 is 0 Å². The summed E-state index contributed by atoms with van der Waals surface area (Å²) in [6.45, 7) is 4.41. The van der Waals surface area contributed by atoms with Crippen molar-refractivity contribution in [1.82, 2.24) is 4.57 Å². The molecule has 0 amide bonds. The minimum absolute atomic E-state index is 0.666. The highest BCUT2D eigenvalue weighted by Gasteiger charge is 2.22. The van der Waals surface area contributed by atoms with E-state index in [9.17, 15) is 5.26 Å². The Kier molecular flexibility index (Phi) is 4.31. The number of aromatic nitrogens is 1. The number of nitrogens with zero attached hydrogens (tertiary/aromatic N) is 2. The molecule has 33 heavy (non-hydrogen) atoms. The Morgan fingerprint density at radius 3 is 1.88 bits per heavy atom. The third-order valence-electron chi connectivity index (χ3n) is 6.74. The van der Waals surface area contributed by atoms with Crippen LogP contribution in [0, 0.1) is 25.2 Å². The van der Waals surface area contributed by atoms with Gasteiger partial charge in [-0.05, 0) is 65.4 Å². The van der Waals surface area contributed by atoms with Crippen molar-refractivity contribution < 1.29 is 0 Å². The van der Waals surface area contributed by atoms with Gasteiger partial charge in [-0.3, -0.25) is 0 Å². The van der Waals surface area contributed by atoms with Crippen molar-refractivity contribution in [3.05, 3.63) is 114 Å². The van der Waals surface area contributed by atoms with E-state index in [1.807, 2.05) is 12.1 Å². The molecule has 6 aromatic rings. The largest absolute Gasteiger partial charge is 0.308 e. The number of hydrogen-bond donors (Lipinski definition) is 0. The molecule has 0 saturated heterocycles. The maximum absolute atomic E-state index is 9.35. The van der Waals surface area contributed by atoms with E-state index in [-0.39, 0.29) is 0 Å². The first-order valence-corrected chi connectivity index (χ1v) is 11.2. The van der Waals surface area contributed by atoms with Crippen molar-refractivity contribution in [1.29, 1.82) is 5.26 Å². The number of nitriles is 1. The quantitative estimate of drug-likeness (QED) is 0.259. The summed E-state index contributed by atoms with van der Waals surface area (Å²) in [5.74, 6) is 0. The SMILES string of the molecule is Cc1ccccc1-c1c(C)c2c3ccccc3c3ccccc3c2n1-c1ccc(C#N)cc1. The average Bonchev–Trinajstić information content (AvgIpc) is 3.17. The Morgan fingerprint density at radius 1 is 0.636 bits per heavy atom. The molecular formula is C31H22N2. The molecule has 0 aliphatic rings. The van der Waals surface area contributed by atoms with Gasteiger partial charge in [-0.15, -0.1) is 0 Å². The molecule has 0 aliphatic heterocycles. The highest BCUT2D eigenvalue weighted by molar-refractivity contribution is 6.26. The van der Waals surface area contributed by atoms with E-state index in [0.717, 1.165) is 5.69 Å². The molecule has 0 radical (unpaired) electrons. The van der Waals surface area contributed by atoms with Gasteiger partial charge in [0.05, 0.1) is 22.8 Å².